The van der Waals surface area contributed by atoms with Gasteiger partial charge in [0.1, 0.15) is 5.82 Å². The Hall–Kier alpha value is -2.21. The van der Waals surface area contributed by atoms with Gasteiger partial charge in [-0.25, -0.2) is 4.98 Å². The zero-order valence-electron chi connectivity index (χ0n) is 11.3. The van der Waals surface area contributed by atoms with Gasteiger partial charge in [-0.3, -0.25) is 0 Å². The topological polar surface area (TPSA) is 74.0 Å². The van der Waals surface area contributed by atoms with Gasteiger partial charge >= 0.3 is 0 Å². The normalized spacial score (nSPS) is 16.0. The summed E-state index contributed by atoms with van der Waals surface area (Å²) in [6.07, 6.45) is 4.64. The number of aromatic nitrogens is 2. The lowest BCUT2D eigenvalue weighted by Gasteiger charge is -2.12. The van der Waals surface area contributed by atoms with Gasteiger partial charge in [-0.1, -0.05) is 0 Å². The standard InChI is InChI=1S/C14H19N5O/c1-3-12-14(17-6-1)20-8-2-5-15-9-11-4-7-16-13(11)19-10-18-12/h1,3-4,6-7,15-16,18-19H,2,5,8-10H2. The summed E-state index contributed by atoms with van der Waals surface area (Å²) in [5, 5.41) is 10.0. The van der Waals surface area contributed by atoms with Crippen LogP contribution in [0, 0.1) is 0 Å². The second-order valence-corrected chi connectivity index (χ2v) is 4.64. The van der Waals surface area contributed by atoms with E-state index in [0.717, 1.165) is 31.0 Å². The quantitative estimate of drug-likeness (QED) is 0.588. The molecule has 0 amide bonds. The van der Waals surface area contributed by atoms with Crippen molar-refractivity contribution in [1.29, 1.82) is 0 Å². The van der Waals surface area contributed by atoms with Crippen LogP contribution in [0.15, 0.2) is 30.6 Å². The second-order valence-electron chi connectivity index (χ2n) is 4.64. The number of ether oxygens (including phenoxy) is 1. The van der Waals surface area contributed by atoms with Gasteiger partial charge in [0.2, 0.25) is 5.88 Å². The van der Waals surface area contributed by atoms with Crippen molar-refractivity contribution in [3.63, 3.8) is 0 Å². The Morgan fingerprint density at radius 2 is 2.20 bits per heavy atom. The van der Waals surface area contributed by atoms with Gasteiger partial charge < -0.3 is 25.7 Å². The number of hydrogen-bond donors (Lipinski definition) is 4. The minimum atomic E-state index is 0.607. The van der Waals surface area contributed by atoms with Crippen molar-refractivity contribution in [3.05, 3.63) is 36.2 Å². The molecule has 0 fully saturated rings. The maximum atomic E-state index is 5.71. The molecule has 3 heterocycles. The van der Waals surface area contributed by atoms with E-state index in [1.807, 2.05) is 18.3 Å². The molecule has 0 saturated carbocycles. The van der Waals surface area contributed by atoms with E-state index in [-0.39, 0.29) is 0 Å². The van der Waals surface area contributed by atoms with Crippen LogP contribution in [0.1, 0.15) is 12.0 Å². The first-order valence-electron chi connectivity index (χ1n) is 6.86. The summed E-state index contributed by atoms with van der Waals surface area (Å²) in [4.78, 5) is 7.48. The fraction of sp³-hybridized carbons (Fsp3) is 0.357. The van der Waals surface area contributed by atoms with E-state index < -0.39 is 0 Å². The lowest BCUT2D eigenvalue weighted by Crippen LogP contribution is -2.17. The van der Waals surface area contributed by atoms with Crippen molar-refractivity contribution in [1.82, 2.24) is 15.3 Å². The molecule has 1 aliphatic rings. The van der Waals surface area contributed by atoms with Crippen molar-refractivity contribution in [3.8, 4) is 5.88 Å². The van der Waals surface area contributed by atoms with Crippen molar-refractivity contribution in [2.45, 2.75) is 13.0 Å². The summed E-state index contributed by atoms with van der Waals surface area (Å²) in [6.45, 7) is 3.03. The van der Waals surface area contributed by atoms with Crippen LogP contribution in [-0.4, -0.2) is 29.8 Å². The third-order valence-corrected chi connectivity index (χ3v) is 3.20. The number of hydrogen-bond acceptors (Lipinski definition) is 5. The molecule has 0 unspecified atom stereocenters. The summed E-state index contributed by atoms with van der Waals surface area (Å²) in [5.74, 6) is 1.69. The fourth-order valence-corrected chi connectivity index (χ4v) is 2.17. The highest BCUT2D eigenvalue weighted by Gasteiger charge is 2.07. The Labute approximate surface area is 117 Å². The molecule has 0 aliphatic carbocycles. The zero-order chi connectivity index (χ0) is 13.6. The number of anilines is 2. The molecule has 0 radical (unpaired) electrons. The number of pyridine rings is 1. The smallest absolute Gasteiger partial charge is 0.237 e. The Morgan fingerprint density at radius 3 is 3.20 bits per heavy atom. The first-order valence-corrected chi connectivity index (χ1v) is 6.86. The van der Waals surface area contributed by atoms with E-state index in [1.54, 1.807) is 6.20 Å². The van der Waals surface area contributed by atoms with Gasteiger partial charge in [-0.15, -0.1) is 0 Å². The van der Waals surface area contributed by atoms with Crippen molar-refractivity contribution < 1.29 is 4.74 Å². The minimum absolute atomic E-state index is 0.607. The molecule has 4 N–H and O–H groups in total. The lowest BCUT2D eigenvalue weighted by atomic mass is 10.3. The molecular weight excluding hydrogens is 254 g/mol. The van der Waals surface area contributed by atoms with Crippen LogP contribution in [0.25, 0.3) is 0 Å². The number of aromatic amines is 1. The Kier molecular flexibility index (Phi) is 4.03. The van der Waals surface area contributed by atoms with E-state index in [4.69, 9.17) is 4.74 Å². The SMILES string of the molecule is c1cnc2c(c1)NCNc1[nH]ccc1CNCCCO2. The first-order chi connectivity index (χ1) is 9.93. The molecule has 0 spiro atoms. The fourth-order valence-electron chi connectivity index (χ4n) is 2.17. The molecule has 0 saturated heterocycles. The van der Waals surface area contributed by atoms with Crippen LogP contribution in [-0.2, 0) is 6.54 Å². The van der Waals surface area contributed by atoms with Gasteiger partial charge in [-0.05, 0) is 31.2 Å². The predicted molar refractivity (Wildman–Crippen MR) is 79.0 cm³/mol. The molecule has 1 aliphatic heterocycles. The van der Waals surface area contributed by atoms with Crippen LogP contribution >= 0.6 is 0 Å². The average Bonchev–Trinajstić information content (AvgIpc) is 2.91. The number of rotatable bonds is 0. The molecule has 0 atom stereocenters. The van der Waals surface area contributed by atoms with Crippen LogP contribution < -0.4 is 20.7 Å². The average molecular weight is 273 g/mol. The summed E-state index contributed by atoms with van der Waals surface area (Å²) in [5.41, 5.74) is 2.14. The largest absolute Gasteiger partial charge is 0.476 e. The first kappa shape index (κ1) is 12.8. The van der Waals surface area contributed by atoms with Gasteiger partial charge in [0.25, 0.3) is 0 Å². The highest BCUT2D eigenvalue weighted by Crippen LogP contribution is 2.21. The van der Waals surface area contributed by atoms with Crippen LogP contribution in [0.5, 0.6) is 5.88 Å². The van der Waals surface area contributed by atoms with E-state index in [0.29, 0.717) is 19.2 Å². The molecule has 20 heavy (non-hydrogen) atoms. The molecule has 0 aromatic carbocycles. The Bertz CT molecular complexity index is 554. The van der Waals surface area contributed by atoms with E-state index in [9.17, 15) is 0 Å². The van der Waals surface area contributed by atoms with E-state index >= 15 is 0 Å². The van der Waals surface area contributed by atoms with E-state index in [2.05, 4.69) is 32.0 Å². The number of H-pyrrole nitrogens is 1. The molecule has 2 aromatic rings. The molecule has 106 valence electrons. The third-order valence-electron chi connectivity index (χ3n) is 3.20. The molecular formula is C14H19N5O. The Morgan fingerprint density at radius 1 is 1.20 bits per heavy atom. The maximum absolute atomic E-state index is 5.71. The van der Waals surface area contributed by atoms with Gasteiger partial charge in [-0.2, -0.15) is 0 Å². The molecule has 6 nitrogen and oxygen atoms in total. The van der Waals surface area contributed by atoms with Gasteiger partial charge in [0, 0.05) is 24.5 Å². The molecule has 3 rings (SSSR count). The predicted octanol–water partition coefficient (Wildman–Crippen LogP) is 1.76. The summed E-state index contributed by atoms with van der Waals surface area (Å²) in [7, 11) is 0. The third kappa shape index (κ3) is 3.03. The summed E-state index contributed by atoms with van der Waals surface area (Å²) in [6, 6.07) is 5.95. The minimum Gasteiger partial charge on any atom is -0.476 e. The maximum Gasteiger partial charge on any atom is 0.237 e. The number of nitrogens with zero attached hydrogens (tertiary/aromatic N) is 1. The highest BCUT2D eigenvalue weighted by molar-refractivity contribution is 5.53. The molecule has 0 bridgehead atoms. The van der Waals surface area contributed by atoms with E-state index in [1.165, 1.54) is 5.56 Å². The Balaban J connectivity index is 1.75. The highest BCUT2D eigenvalue weighted by atomic mass is 16.5. The zero-order valence-corrected chi connectivity index (χ0v) is 11.3. The van der Waals surface area contributed by atoms with Crippen LogP contribution in [0.3, 0.4) is 0 Å². The van der Waals surface area contributed by atoms with Crippen LogP contribution in [0.4, 0.5) is 11.5 Å². The van der Waals surface area contributed by atoms with Crippen molar-refractivity contribution >= 4 is 11.5 Å². The van der Waals surface area contributed by atoms with Crippen molar-refractivity contribution in [2.75, 3.05) is 30.5 Å². The lowest BCUT2D eigenvalue weighted by molar-refractivity contribution is 0.298. The summed E-state index contributed by atoms with van der Waals surface area (Å²) >= 11 is 0. The van der Waals surface area contributed by atoms with Crippen LogP contribution in [0.2, 0.25) is 0 Å². The molecule has 2 aromatic heterocycles. The summed E-state index contributed by atoms with van der Waals surface area (Å²) < 4.78 is 5.71. The molecule has 6 heteroatoms. The second kappa shape index (κ2) is 6.29. The number of nitrogens with one attached hydrogen (secondary N) is 4. The number of fused-ring (bicyclic) bond motifs is 2. The monoisotopic (exact) mass is 273 g/mol. The van der Waals surface area contributed by atoms with Crippen molar-refractivity contribution in [2.24, 2.45) is 0 Å². The van der Waals surface area contributed by atoms with Gasteiger partial charge in [0.15, 0.2) is 0 Å². The van der Waals surface area contributed by atoms with Gasteiger partial charge in [0.05, 0.1) is 19.0 Å².